The molecular weight excluding hydrogens is 396 g/mol. The maximum absolute atomic E-state index is 10.6. The number of hydrogen-bond donors (Lipinski definition) is 0. The van der Waals surface area contributed by atoms with Crippen molar-refractivity contribution in [2.24, 2.45) is 17.8 Å². The molecule has 1 fully saturated rings. The maximum Gasteiger partial charge on any atom is 0.132 e. The number of carbonyl (C=O) groups is 1. The molecule has 0 saturated heterocycles. The summed E-state index contributed by atoms with van der Waals surface area (Å²) in [4.78, 5) is 10.6. The Kier molecular flexibility index (Phi) is 20.0. The third-order valence-corrected chi connectivity index (χ3v) is 5.89. The summed E-state index contributed by atoms with van der Waals surface area (Å²) in [6.45, 7) is 22.7. The summed E-state index contributed by atoms with van der Waals surface area (Å²) in [6.07, 6.45) is 10.1. The highest BCUT2D eigenvalue weighted by Crippen LogP contribution is 2.24. The van der Waals surface area contributed by atoms with Gasteiger partial charge in [-0.15, -0.1) is 0 Å². The highest BCUT2D eigenvalue weighted by Gasteiger charge is 2.18. The fraction of sp³-hybridized carbons (Fsp3) is 0.690. The second-order valence-corrected chi connectivity index (χ2v) is 9.77. The molecule has 2 heteroatoms. The van der Waals surface area contributed by atoms with Crippen LogP contribution in [0.4, 0.5) is 0 Å². The first kappa shape index (κ1) is 31.9. The van der Waals surface area contributed by atoms with E-state index in [0.29, 0.717) is 11.7 Å². The van der Waals surface area contributed by atoms with Gasteiger partial charge < -0.3 is 0 Å². The predicted octanol–water partition coefficient (Wildman–Crippen LogP) is 9.18. The zero-order valence-electron chi connectivity index (χ0n) is 22.1. The summed E-state index contributed by atoms with van der Waals surface area (Å²) in [7, 11) is 0. The fourth-order valence-corrected chi connectivity index (χ4v) is 4.24. The topological polar surface area (TPSA) is 17.1 Å². The molecule has 0 aromatic heterocycles. The van der Waals surface area contributed by atoms with E-state index in [1.165, 1.54) is 54.4 Å². The Morgan fingerprint density at radius 3 is 2.00 bits per heavy atom. The average Bonchev–Trinajstić information content (AvgIpc) is 3.21. The van der Waals surface area contributed by atoms with Gasteiger partial charge in [-0.3, -0.25) is 4.79 Å². The largest absolute Gasteiger partial charge is 0.300 e. The lowest BCUT2D eigenvalue weighted by molar-refractivity contribution is -0.120. The van der Waals surface area contributed by atoms with Gasteiger partial charge in [-0.25, -0.2) is 0 Å². The van der Waals surface area contributed by atoms with Crippen LogP contribution in [0.2, 0.25) is 0 Å². The molecule has 0 bridgehead atoms. The van der Waals surface area contributed by atoms with E-state index >= 15 is 0 Å². The molecule has 0 aliphatic heterocycles. The summed E-state index contributed by atoms with van der Waals surface area (Å²) in [5.74, 6) is 2.64. The van der Waals surface area contributed by atoms with Crippen LogP contribution in [-0.4, -0.2) is 10.8 Å². The normalized spacial score (nSPS) is 13.6. The van der Waals surface area contributed by atoms with E-state index in [1.807, 2.05) is 0 Å². The minimum absolute atomic E-state index is 0.391. The zero-order chi connectivity index (χ0) is 24.4. The van der Waals surface area contributed by atoms with E-state index in [2.05, 4.69) is 91.3 Å². The van der Waals surface area contributed by atoms with E-state index < -0.39 is 0 Å². The molecule has 1 unspecified atom stereocenters. The zero-order valence-corrected chi connectivity index (χ0v) is 22.9. The van der Waals surface area contributed by atoms with Crippen molar-refractivity contribution in [3.63, 3.8) is 0 Å². The first-order valence-corrected chi connectivity index (χ1v) is 12.7. The quantitative estimate of drug-likeness (QED) is 0.405. The average molecular weight is 447 g/mol. The third kappa shape index (κ3) is 17.0. The molecule has 1 aliphatic carbocycles. The van der Waals surface area contributed by atoms with E-state index in [9.17, 15) is 4.79 Å². The van der Waals surface area contributed by atoms with Crippen LogP contribution in [0.1, 0.15) is 109 Å². The number of hydrogen-bond acceptors (Lipinski definition) is 2. The van der Waals surface area contributed by atoms with Crippen molar-refractivity contribution in [2.45, 2.75) is 114 Å². The standard InChI is InChI=1S/C11H16.C9H20.C7H12O.C2H2S/c1-5-11-7-8(2)6-9(3)10(11)4;1-5-6-9(4)7-8(2)3;1-6(8)7-4-2-3-5-7;1-2-3/h6-7H,5H2,1-4H3;8-9H,5-7H2,1-4H3;7H,2-5H2,1H3;1H2. The molecule has 1 saturated carbocycles. The second-order valence-electron chi connectivity index (χ2n) is 9.48. The van der Waals surface area contributed by atoms with Crippen LogP contribution in [-0.2, 0) is 11.2 Å². The molecular formula is C29H50OS. The Morgan fingerprint density at radius 2 is 1.65 bits per heavy atom. The minimum atomic E-state index is 0.391. The Hall–Kier alpha value is -1.24. The van der Waals surface area contributed by atoms with Crippen molar-refractivity contribution in [3.05, 3.63) is 41.0 Å². The molecule has 178 valence electrons. The molecule has 1 nitrogen and oxygen atoms in total. The van der Waals surface area contributed by atoms with Gasteiger partial charge >= 0.3 is 0 Å². The molecule has 1 aliphatic rings. The summed E-state index contributed by atoms with van der Waals surface area (Å²) in [5, 5.41) is 2.08. The predicted molar refractivity (Wildman–Crippen MR) is 144 cm³/mol. The van der Waals surface area contributed by atoms with Crippen LogP contribution in [0.5, 0.6) is 0 Å². The van der Waals surface area contributed by atoms with Crippen LogP contribution >= 0.6 is 12.2 Å². The number of thiocarbonyl (C=S) groups is 1. The number of ketones is 1. The molecule has 0 amide bonds. The van der Waals surface area contributed by atoms with E-state index in [4.69, 9.17) is 0 Å². The van der Waals surface area contributed by atoms with Crippen LogP contribution in [0, 0.1) is 38.5 Å². The Labute approximate surface area is 200 Å². The van der Waals surface area contributed by atoms with Crippen LogP contribution in [0.25, 0.3) is 0 Å². The van der Waals surface area contributed by atoms with Gasteiger partial charge in [0.05, 0.1) is 0 Å². The van der Waals surface area contributed by atoms with Crippen molar-refractivity contribution >= 4 is 23.0 Å². The molecule has 1 atom stereocenters. The minimum Gasteiger partial charge on any atom is -0.300 e. The number of carbonyl (C=O) groups excluding carboxylic acids is 1. The molecule has 0 radical (unpaired) electrons. The lowest BCUT2D eigenvalue weighted by atomic mass is 9.95. The second kappa shape index (κ2) is 19.4. The first-order chi connectivity index (χ1) is 14.5. The fourth-order valence-electron chi connectivity index (χ4n) is 4.24. The molecule has 31 heavy (non-hydrogen) atoms. The Bertz CT molecular complexity index is 632. The molecule has 1 aromatic carbocycles. The van der Waals surface area contributed by atoms with Gasteiger partial charge in [0, 0.05) is 5.92 Å². The number of benzene rings is 1. The summed E-state index contributed by atoms with van der Waals surface area (Å²) in [6, 6.07) is 4.52. The maximum atomic E-state index is 10.6. The van der Waals surface area contributed by atoms with E-state index in [-0.39, 0.29) is 0 Å². The van der Waals surface area contributed by atoms with Crippen LogP contribution in [0.15, 0.2) is 18.7 Å². The Morgan fingerprint density at radius 1 is 1.13 bits per heavy atom. The summed E-state index contributed by atoms with van der Waals surface area (Å²) < 4.78 is 0. The van der Waals surface area contributed by atoms with E-state index in [1.54, 1.807) is 6.92 Å². The van der Waals surface area contributed by atoms with Gasteiger partial charge in [-0.2, -0.15) is 0 Å². The molecule has 0 spiro atoms. The van der Waals surface area contributed by atoms with Gasteiger partial charge in [0.15, 0.2) is 0 Å². The molecule has 2 rings (SSSR count). The summed E-state index contributed by atoms with van der Waals surface area (Å²) >= 11 is 4.03. The lowest BCUT2D eigenvalue weighted by Gasteiger charge is -2.11. The highest BCUT2D eigenvalue weighted by molar-refractivity contribution is 7.78. The van der Waals surface area contributed by atoms with Gasteiger partial charge in [0.2, 0.25) is 0 Å². The summed E-state index contributed by atoms with van der Waals surface area (Å²) in [5.41, 5.74) is 5.74. The van der Waals surface area contributed by atoms with Crippen LogP contribution < -0.4 is 0 Å². The Balaban J connectivity index is 0. The number of rotatable bonds is 6. The monoisotopic (exact) mass is 446 g/mol. The third-order valence-electron chi connectivity index (χ3n) is 5.89. The van der Waals surface area contributed by atoms with Gasteiger partial charge in [0.1, 0.15) is 5.78 Å². The lowest BCUT2D eigenvalue weighted by Crippen LogP contribution is -2.04. The van der Waals surface area contributed by atoms with Crippen molar-refractivity contribution in [1.82, 2.24) is 0 Å². The van der Waals surface area contributed by atoms with Gasteiger partial charge in [-0.1, -0.05) is 83.0 Å². The van der Waals surface area contributed by atoms with Crippen LogP contribution in [0.3, 0.4) is 0 Å². The molecule has 1 aromatic rings. The molecule has 0 N–H and O–H groups in total. The van der Waals surface area contributed by atoms with Crippen molar-refractivity contribution in [3.8, 4) is 0 Å². The number of Topliss-reactive ketones (excluding diaryl/α,β-unsaturated/α-hetero) is 1. The van der Waals surface area contributed by atoms with Crippen molar-refractivity contribution in [1.29, 1.82) is 0 Å². The SMILES string of the molecule is C=C=S.CC(=O)C1CCCC1.CCCC(C)CC(C)C.CCc1cc(C)cc(C)c1C. The molecule has 0 heterocycles. The smallest absolute Gasteiger partial charge is 0.132 e. The van der Waals surface area contributed by atoms with Gasteiger partial charge in [0.25, 0.3) is 0 Å². The van der Waals surface area contributed by atoms with E-state index in [0.717, 1.165) is 31.1 Å². The van der Waals surface area contributed by atoms with Gasteiger partial charge in [-0.05, 0) is 101 Å². The van der Waals surface area contributed by atoms with Crippen molar-refractivity contribution in [2.75, 3.05) is 0 Å². The van der Waals surface area contributed by atoms with Crippen molar-refractivity contribution < 1.29 is 4.79 Å². The number of aryl methyl sites for hydroxylation is 3. The highest BCUT2D eigenvalue weighted by atomic mass is 32.1. The first-order valence-electron chi connectivity index (χ1n) is 12.2.